The fourth-order valence-corrected chi connectivity index (χ4v) is 1.52. The molecule has 0 unspecified atom stereocenters. The van der Waals surface area contributed by atoms with Crippen molar-refractivity contribution >= 4 is 6.08 Å². The lowest BCUT2D eigenvalue weighted by atomic mass is 10.1. The second-order valence-corrected chi connectivity index (χ2v) is 3.31. The van der Waals surface area contributed by atoms with E-state index in [9.17, 15) is 0 Å². The molecule has 0 N–H and O–H groups in total. The molecule has 0 aliphatic carbocycles. The number of hydrogen-bond acceptors (Lipinski definition) is 4. The van der Waals surface area contributed by atoms with Crippen LogP contribution in [0.15, 0.2) is 18.2 Å². The molecule has 2 rings (SSSR count). The molecule has 0 amide bonds. The third-order valence-electron chi connectivity index (χ3n) is 2.29. The first-order chi connectivity index (χ1) is 7.85. The Kier molecular flexibility index (Phi) is 3.31. The maximum absolute atomic E-state index is 5.30. The lowest BCUT2D eigenvalue weighted by Gasteiger charge is -2.06. The Hall–Kier alpha value is -1.68. The van der Waals surface area contributed by atoms with Crippen LogP contribution >= 0.6 is 0 Å². The molecule has 0 saturated heterocycles. The first kappa shape index (κ1) is 10.8. The van der Waals surface area contributed by atoms with E-state index in [0.29, 0.717) is 6.61 Å². The minimum absolute atomic E-state index is 0.268. The van der Waals surface area contributed by atoms with Crippen molar-refractivity contribution in [3.05, 3.63) is 23.8 Å². The molecular formula is C12H14O4. The fraction of sp³-hybridized carbons (Fsp3) is 0.333. The summed E-state index contributed by atoms with van der Waals surface area (Å²) in [5.74, 6) is 2.23. The van der Waals surface area contributed by atoms with Gasteiger partial charge in [-0.2, -0.15) is 0 Å². The van der Waals surface area contributed by atoms with Crippen molar-refractivity contribution in [3.63, 3.8) is 0 Å². The largest absolute Gasteiger partial charge is 0.496 e. The monoisotopic (exact) mass is 222 g/mol. The van der Waals surface area contributed by atoms with E-state index in [4.69, 9.17) is 18.9 Å². The van der Waals surface area contributed by atoms with Crippen LogP contribution < -0.4 is 14.2 Å². The smallest absolute Gasteiger partial charge is 0.231 e. The molecule has 0 radical (unpaired) electrons. The summed E-state index contributed by atoms with van der Waals surface area (Å²) in [5, 5.41) is 0. The van der Waals surface area contributed by atoms with E-state index >= 15 is 0 Å². The topological polar surface area (TPSA) is 36.9 Å². The van der Waals surface area contributed by atoms with Gasteiger partial charge in [0.25, 0.3) is 0 Å². The van der Waals surface area contributed by atoms with Crippen molar-refractivity contribution in [2.75, 3.05) is 27.6 Å². The second kappa shape index (κ2) is 4.90. The van der Waals surface area contributed by atoms with Crippen molar-refractivity contribution < 1.29 is 18.9 Å². The summed E-state index contributed by atoms with van der Waals surface area (Å²) in [7, 11) is 3.28. The SMILES string of the molecule is COCC=Cc1cc2c(cc1OC)OCO2. The summed E-state index contributed by atoms with van der Waals surface area (Å²) < 4.78 is 20.8. The third-order valence-corrected chi connectivity index (χ3v) is 2.29. The minimum Gasteiger partial charge on any atom is -0.496 e. The highest BCUT2D eigenvalue weighted by Crippen LogP contribution is 2.38. The summed E-state index contributed by atoms with van der Waals surface area (Å²) in [4.78, 5) is 0. The highest BCUT2D eigenvalue weighted by atomic mass is 16.7. The zero-order valence-corrected chi connectivity index (χ0v) is 9.36. The van der Waals surface area contributed by atoms with Gasteiger partial charge < -0.3 is 18.9 Å². The first-order valence-electron chi connectivity index (χ1n) is 4.98. The lowest BCUT2D eigenvalue weighted by Crippen LogP contribution is -1.92. The number of benzene rings is 1. The molecule has 1 aliphatic heterocycles. The molecule has 1 aromatic rings. The van der Waals surface area contributed by atoms with Crippen molar-refractivity contribution in [1.29, 1.82) is 0 Å². The van der Waals surface area contributed by atoms with E-state index in [-0.39, 0.29) is 6.79 Å². The van der Waals surface area contributed by atoms with Gasteiger partial charge in [0.05, 0.1) is 13.7 Å². The van der Waals surface area contributed by atoms with Gasteiger partial charge in [-0.3, -0.25) is 0 Å². The Morgan fingerprint density at radius 1 is 1.25 bits per heavy atom. The van der Waals surface area contributed by atoms with Gasteiger partial charge in [-0.1, -0.05) is 12.2 Å². The lowest BCUT2D eigenvalue weighted by molar-refractivity contribution is 0.174. The summed E-state index contributed by atoms with van der Waals surface area (Å²) in [6.07, 6.45) is 3.85. The fourth-order valence-electron chi connectivity index (χ4n) is 1.52. The van der Waals surface area contributed by atoms with Gasteiger partial charge in [0.15, 0.2) is 11.5 Å². The van der Waals surface area contributed by atoms with E-state index in [2.05, 4.69) is 0 Å². The maximum atomic E-state index is 5.30. The minimum atomic E-state index is 0.268. The van der Waals surface area contributed by atoms with Gasteiger partial charge in [0, 0.05) is 18.7 Å². The third kappa shape index (κ3) is 2.12. The van der Waals surface area contributed by atoms with Crippen LogP contribution in [0.4, 0.5) is 0 Å². The Bertz CT molecular complexity index is 398. The van der Waals surface area contributed by atoms with Gasteiger partial charge in [0.1, 0.15) is 5.75 Å². The summed E-state index contributed by atoms with van der Waals surface area (Å²) >= 11 is 0. The quantitative estimate of drug-likeness (QED) is 0.781. The number of hydrogen-bond donors (Lipinski definition) is 0. The molecule has 0 aromatic heterocycles. The highest BCUT2D eigenvalue weighted by Gasteiger charge is 2.16. The molecule has 0 fully saturated rings. The molecule has 0 spiro atoms. The van der Waals surface area contributed by atoms with Gasteiger partial charge in [-0.15, -0.1) is 0 Å². The summed E-state index contributed by atoms with van der Waals surface area (Å²) in [6, 6.07) is 3.72. The average Bonchev–Trinajstić information content (AvgIpc) is 2.75. The van der Waals surface area contributed by atoms with Crippen molar-refractivity contribution in [2.24, 2.45) is 0 Å². The van der Waals surface area contributed by atoms with Crippen molar-refractivity contribution in [1.82, 2.24) is 0 Å². The number of methoxy groups -OCH3 is 2. The predicted octanol–water partition coefficient (Wildman–Crippen LogP) is 2.08. The second-order valence-electron chi connectivity index (χ2n) is 3.31. The van der Waals surface area contributed by atoms with E-state index in [1.54, 1.807) is 14.2 Å². The van der Waals surface area contributed by atoms with Gasteiger partial charge >= 0.3 is 0 Å². The highest BCUT2D eigenvalue weighted by molar-refractivity contribution is 5.64. The van der Waals surface area contributed by atoms with Crippen LogP contribution in [0.1, 0.15) is 5.56 Å². The summed E-state index contributed by atoms with van der Waals surface area (Å²) in [6.45, 7) is 0.835. The van der Waals surface area contributed by atoms with Gasteiger partial charge in [-0.25, -0.2) is 0 Å². The Balaban J connectivity index is 2.28. The Labute approximate surface area is 94.4 Å². The van der Waals surface area contributed by atoms with Crippen LogP contribution in [0.3, 0.4) is 0 Å². The van der Waals surface area contributed by atoms with Crippen LogP contribution in [0.2, 0.25) is 0 Å². The van der Waals surface area contributed by atoms with Crippen LogP contribution in [0, 0.1) is 0 Å². The van der Waals surface area contributed by atoms with Crippen LogP contribution in [0.25, 0.3) is 6.08 Å². The number of rotatable bonds is 4. The van der Waals surface area contributed by atoms with Crippen LogP contribution in [-0.4, -0.2) is 27.6 Å². The molecule has 86 valence electrons. The zero-order chi connectivity index (χ0) is 11.4. The number of fused-ring (bicyclic) bond motifs is 1. The molecule has 1 heterocycles. The standard InChI is InChI=1S/C12H14O4/c1-13-5-3-4-9-6-11-12(16-8-15-11)7-10(9)14-2/h3-4,6-7H,5,8H2,1-2H3. The predicted molar refractivity (Wildman–Crippen MR) is 60.0 cm³/mol. The van der Waals surface area contributed by atoms with E-state index in [1.807, 2.05) is 24.3 Å². The molecule has 16 heavy (non-hydrogen) atoms. The van der Waals surface area contributed by atoms with E-state index in [1.165, 1.54) is 0 Å². The Morgan fingerprint density at radius 2 is 2.00 bits per heavy atom. The number of ether oxygens (including phenoxy) is 4. The molecule has 1 aliphatic rings. The molecule has 4 heteroatoms. The first-order valence-corrected chi connectivity index (χ1v) is 4.98. The molecule has 4 nitrogen and oxygen atoms in total. The van der Waals surface area contributed by atoms with Gasteiger partial charge in [0.2, 0.25) is 6.79 Å². The molecule has 0 saturated carbocycles. The Morgan fingerprint density at radius 3 is 2.69 bits per heavy atom. The van der Waals surface area contributed by atoms with Crippen LogP contribution in [-0.2, 0) is 4.74 Å². The summed E-state index contributed by atoms with van der Waals surface area (Å²) in [5.41, 5.74) is 0.948. The molecular weight excluding hydrogens is 208 g/mol. The normalized spacial score (nSPS) is 13.4. The zero-order valence-electron chi connectivity index (χ0n) is 9.36. The van der Waals surface area contributed by atoms with Gasteiger partial charge in [-0.05, 0) is 6.07 Å². The molecule has 0 atom stereocenters. The van der Waals surface area contributed by atoms with Crippen molar-refractivity contribution in [3.8, 4) is 17.2 Å². The maximum Gasteiger partial charge on any atom is 0.231 e. The average molecular weight is 222 g/mol. The van der Waals surface area contributed by atoms with E-state index in [0.717, 1.165) is 22.8 Å². The van der Waals surface area contributed by atoms with Crippen LogP contribution in [0.5, 0.6) is 17.2 Å². The van der Waals surface area contributed by atoms with Crippen molar-refractivity contribution in [2.45, 2.75) is 0 Å². The van der Waals surface area contributed by atoms with E-state index < -0.39 is 0 Å². The molecule has 0 bridgehead atoms. The molecule has 1 aromatic carbocycles.